The summed E-state index contributed by atoms with van der Waals surface area (Å²) < 4.78 is 23.9. The Hall–Kier alpha value is -5.09. The van der Waals surface area contributed by atoms with Gasteiger partial charge in [0.1, 0.15) is 23.0 Å². The van der Waals surface area contributed by atoms with Crippen molar-refractivity contribution in [1.29, 1.82) is 0 Å². The Kier molecular flexibility index (Phi) is 10.3. The fraction of sp³-hybridized carbons (Fsp3) is 0.0938. The molecule has 0 unspecified atom stereocenters. The average Bonchev–Trinajstić information content (AvgIpc) is 3.02. The molecule has 0 atom stereocenters. The van der Waals surface area contributed by atoms with E-state index < -0.39 is 17.6 Å². The summed E-state index contributed by atoms with van der Waals surface area (Å²) in [4.78, 5) is 39.3. The number of carbonyl (C=O) groups excluding carboxylic acids is 3. The molecule has 10 heteroatoms. The van der Waals surface area contributed by atoms with Crippen LogP contribution < -0.4 is 25.4 Å². The van der Waals surface area contributed by atoms with Crippen molar-refractivity contribution in [3.8, 4) is 11.5 Å². The van der Waals surface area contributed by atoms with Gasteiger partial charge in [-0.05, 0) is 72.3 Å². The lowest BCUT2D eigenvalue weighted by molar-refractivity contribution is -0.114. The third-order valence-electron chi connectivity index (χ3n) is 5.87. The van der Waals surface area contributed by atoms with E-state index in [9.17, 15) is 18.8 Å². The number of carbonyl (C=O) groups is 3. The lowest BCUT2D eigenvalue weighted by atomic mass is 10.1. The first-order valence-corrected chi connectivity index (χ1v) is 13.7. The molecule has 0 saturated carbocycles. The van der Waals surface area contributed by atoms with Crippen molar-refractivity contribution in [1.82, 2.24) is 5.32 Å². The van der Waals surface area contributed by atoms with Crippen LogP contribution in [0.3, 0.4) is 0 Å². The van der Waals surface area contributed by atoms with E-state index in [2.05, 4.69) is 16.0 Å². The highest BCUT2D eigenvalue weighted by molar-refractivity contribution is 8.00. The molecule has 4 aromatic carbocycles. The van der Waals surface area contributed by atoms with E-state index in [1.165, 1.54) is 49.2 Å². The van der Waals surface area contributed by atoms with Crippen molar-refractivity contribution in [2.45, 2.75) is 4.90 Å². The van der Waals surface area contributed by atoms with E-state index in [1.807, 2.05) is 0 Å². The lowest BCUT2D eigenvalue weighted by Gasteiger charge is -2.12. The minimum absolute atomic E-state index is 0.0143. The van der Waals surface area contributed by atoms with E-state index in [4.69, 9.17) is 9.47 Å². The zero-order valence-corrected chi connectivity index (χ0v) is 23.7. The number of benzene rings is 4. The molecule has 0 saturated heterocycles. The fourth-order valence-corrected chi connectivity index (χ4v) is 4.44. The van der Waals surface area contributed by atoms with Gasteiger partial charge in [-0.1, -0.05) is 30.3 Å². The third kappa shape index (κ3) is 8.45. The topological polar surface area (TPSA) is 106 Å². The molecular weight excluding hydrogens is 557 g/mol. The first-order chi connectivity index (χ1) is 20.3. The number of hydrogen-bond acceptors (Lipinski definition) is 6. The van der Waals surface area contributed by atoms with Crippen molar-refractivity contribution < 1.29 is 28.2 Å². The number of hydrogen-bond donors (Lipinski definition) is 3. The Bertz CT molecular complexity index is 1580. The molecule has 0 bridgehead atoms. The SMILES string of the molecule is COc1ccc(NC(=O)CSc2ccc(NC(=O)/C(=C/c3ccc(F)cc3)NC(=O)c3ccccc3)cc2)c(OC)c1. The molecule has 0 heterocycles. The number of methoxy groups -OCH3 is 2. The Morgan fingerprint density at radius 3 is 2.21 bits per heavy atom. The van der Waals surface area contributed by atoms with Crippen LogP contribution in [0.15, 0.2) is 108 Å². The van der Waals surface area contributed by atoms with E-state index in [1.54, 1.807) is 79.9 Å². The Balaban J connectivity index is 1.39. The second-order valence-corrected chi connectivity index (χ2v) is 9.86. The molecular formula is C32H28FN3O5S. The predicted octanol–water partition coefficient (Wildman–Crippen LogP) is 5.98. The van der Waals surface area contributed by atoms with Gasteiger partial charge >= 0.3 is 0 Å². The van der Waals surface area contributed by atoms with Crippen LogP contribution in [0.25, 0.3) is 6.08 Å². The molecule has 42 heavy (non-hydrogen) atoms. The molecule has 8 nitrogen and oxygen atoms in total. The van der Waals surface area contributed by atoms with Crippen LogP contribution >= 0.6 is 11.8 Å². The molecule has 214 valence electrons. The second kappa shape index (κ2) is 14.5. The van der Waals surface area contributed by atoms with Crippen molar-refractivity contribution in [2.24, 2.45) is 0 Å². The molecule has 0 aliphatic carbocycles. The van der Waals surface area contributed by atoms with Gasteiger partial charge in [-0.15, -0.1) is 11.8 Å². The maximum Gasteiger partial charge on any atom is 0.272 e. The molecule has 3 amide bonds. The summed E-state index contributed by atoms with van der Waals surface area (Å²) >= 11 is 1.32. The zero-order chi connectivity index (χ0) is 29.9. The van der Waals surface area contributed by atoms with Crippen LogP contribution in [-0.4, -0.2) is 37.7 Å². The van der Waals surface area contributed by atoms with Gasteiger partial charge in [-0.2, -0.15) is 0 Å². The zero-order valence-electron chi connectivity index (χ0n) is 22.8. The van der Waals surface area contributed by atoms with Gasteiger partial charge < -0.3 is 25.4 Å². The summed E-state index contributed by atoms with van der Waals surface area (Å²) in [5.41, 5.74) is 1.92. The largest absolute Gasteiger partial charge is 0.497 e. The number of thioether (sulfide) groups is 1. The lowest BCUT2D eigenvalue weighted by Crippen LogP contribution is -2.30. The summed E-state index contributed by atoms with van der Waals surface area (Å²) in [6, 6.07) is 26.1. The van der Waals surface area contributed by atoms with Gasteiger partial charge in [0.25, 0.3) is 11.8 Å². The van der Waals surface area contributed by atoms with Crippen molar-refractivity contribution in [2.75, 3.05) is 30.6 Å². The van der Waals surface area contributed by atoms with Crippen LogP contribution in [0.4, 0.5) is 15.8 Å². The summed E-state index contributed by atoms with van der Waals surface area (Å²) in [5.74, 6) is -0.401. The molecule has 0 fully saturated rings. The normalized spacial score (nSPS) is 10.9. The average molecular weight is 586 g/mol. The van der Waals surface area contributed by atoms with E-state index in [0.29, 0.717) is 34.0 Å². The highest BCUT2D eigenvalue weighted by Crippen LogP contribution is 2.29. The van der Waals surface area contributed by atoms with Crippen molar-refractivity contribution in [3.63, 3.8) is 0 Å². The summed E-state index contributed by atoms with van der Waals surface area (Å²) in [7, 11) is 3.06. The first-order valence-electron chi connectivity index (χ1n) is 12.7. The van der Waals surface area contributed by atoms with Crippen molar-refractivity contribution in [3.05, 3.63) is 120 Å². The quantitative estimate of drug-likeness (QED) is 0.148. The number of ether oxygens (including phenoxy) is 2. The van der Waals surface area contributed by atoms with Gasteiger partial charge in [0, 0.05) is 22.2 Å². The highest BCUT2D eigenvalue weighted by atomic mass is 32.2. The van der Waals surface area contributed by atoms with Gasteiger partial charge in [-0.3, -0.25) is 14.4 Å². The molecule has 3 N–H and O–H groups in total. The van der Waals surface area contributed by atoms with Gasteiger partial charge in [0.15, 0.2) is 0 Å². The number of nitrogens with one attached hydrogen (secondary N) is 3. The Morgan fingerprint density at radius 2 is 1.55 bits per heavy atom. The van der Waals surface area contributed by atoms with E-state index in [-0.39, 0.29) is 17.4 Å². The van der Waals surface area contributed by atoms with Gasteiger partial charge in [0.2, 0.25) is 5.91 Å². The Labute approximate surface area is 246 Å². The molecule has 0 spiro atoms. The standard InChI is InChI=1S/C32H28FN3O5S/c1-40-25-14-17-27(29(19-25)41-2)35-30(37)20-42-26-15-12-24(13-16-26)34-32(39)28(18-21-8-10-23(33)11-9-21)36-31(38)22-6-4-3-5-7-22/h3-19H,20H2,1-2H3,(H,34,39)(H,35,37)(H,36,38)/b28-18-. The number of rotatable bonds is 11. The van der Waals surface area contributed by atoms with Crippen LogP contribution in [0.1, 0.15) is 15.9 Å². The van der Waals surface area contributed by atoms with Gasteiger partial charge in [0.05, 0.1) is 25.7 Å². The van der Waals surface area contributed by atoms with Crippen molar-refractivity contribution >= 4 is 46.9 Å². The first kappa shape index (κ1) is 29.9. The molecule has 4 aromatic rings. The Morgan fingerprint density at radius 1 is 0.833 bits per heavy atom. The summed E-state index contributed by atoms with van der Waals surface area (Å²) in [6.07, 6.45) is 1.47. The molecule has 4 rings (SSSR count). The molecule has 0 aromatic heterocycles. The van der Waals surface area contributed by atoms with Crippen LogP contribution in [0, 0.1) is 5.82 Å². The predicted molar refractivity (Wildman–Crippen MR) is 162 cm³/mol. The number of amides is 3. The fourth-order valence-electron chi connectivity index (χ4n) is 3.74. The maximum atomic E-state index is 13.4. The maximum absolute atomic E-state index is 13.4. The van der Waals surface area contributed by atoms with E-state index in [0.717, 1.165) is 4.90 Å². The minimum atomic E-state index is -0.558. The molecule has 0 aliphatic rings. The molecule has 0 aliphatic heterocycles. The molecule has 0 radical (unpaired) electrons. The summed E-state index contributed by atoms with van der Waals surface area (Å²) in [5, 5.41) is 8.24. The summed E-state index contributed by atoms with van der Waals surface area (Å²) in [6.45, 7) is 0. The van der Waals surface area contributed by atoms with Crippen LogP contribution in [-0.2, 0) is 9.59 Å². The van der Waals surface area contributed by atoms with E-state index >= 15 is 0 Å². The minimum Gasteiger partial charge on any atom is -0.497 e. The second-order valence-electron chi connectivity index (χ2n) is 8.81. The third-order valence-corrected chi connectivity index (χ3v) is 6.89. The number of halogens is 1. The van der Waals surface area contributed by atoms with Crippen LogP contribution in [0.2, 0.25) is 0 Å². The van der Waals surface area contributed by atoms with Gasteiger partial charge in [-0.25, -0.2) is 4.39 Å². The smallest absolute Gasteiger partial charge is 0.272 e. The highest BCUT2D eigenvalue weighted by Gasteiger charge is 2.15. The monoisotopic (exact) mass is 585 g/mol. The van der Waals surface area contributed by atoms with Crippen LogP contribution in [0.5, 0.6) is 11.5 Å². The number of anilines is 2.